The normalized spacial score (nSPS) is 26.3. The third-order valence-corrected chi connectivity index (χ3v) is 6.10. The highest BCUT2D eigenvalue weighted by molar-refractivity contribution is 8.01. The maximum Gasteiger partial charge on any atom is 0.243 e. The van der Waals surface area contributed by atoms with Crippen molar-refractivity contribution in [2.45, 2.75) is 37.1 Å². The average molecular weight is 334 g/mol. The number of methoxy groups -OCH3 is 1. The minimum Gasteiger partial charge on any atom is -0.497 e. The van der Waals surface area contributed by atoms with Crippen molar-refractivity contribution in [3.8, 4) is 5.75 Å². The number of fused-ring (bicyclic) bond motifs is 1. The number of thioether (sulfide) groups is 1. The highest BCUT2D eigenvalue weighted by Gasteiger charge is 2.52. The van der Waals surface area contributed by atoms with Gasteiger partial charge in [0, 0.05) is 18.7 Å². The van der Waals surface area contributed by atoms with Gasteiger partial charge in [0.15, 0.2) is 0 Å². The van der Waals surface area contributed by atoms with Crippen LogP contribution in [0.25, 0.3) is 0 Å². The van der Waals surface area contributed by atoms with E-state index in [1.807, 2.05) is 24.3 Å². The Hall–Kier alpha value is -1.69. The SMILES string of the molecule is COc1cccc(CCNC(=O)C2CSC3(C)CCC(=O)N23)c1. The quantitative estimate of drug-likeness (QED) is 0.892. The fourth-order valence-electron chi connectivity index (χ4n) is 3.29. The minimum atomic E-state index is -0.328. The number of benzene rings is 1. The lowest BCUT2D eigenvalue weighted by Crippen LogP contribution is -2.50. The number of amides is 2. The standard InChI is InChI=1S/C17H22N2O3S/c1-17-8-6-15(20)19(17)14(11-23-17)16(21)18-9-7-12-4-3-5-13(10-12)22-2/h3-5,10,14H,6-9,11H2,1-2H3,(H,18,21). The second-order valence-corrected chi connectivity index (χ2v) is 7.66. The molecule has 2 atom stereocenters. The van der Waals surface area contributed by atoms with Crippen LogP contribution < -0.4 is 10.1 Å². The minimum absolute atomic E-state index is 0.0422. The van der Waals surface area contributed by atoms with Crippen LogP contribution in [0.4, 0.5) is 0 Å². The van der Waals surface area contributed by atoms with Crippen molar-refractivity contribution in [1.82, 2.24) is 10.2 Å². The summed E-state index contributed by atoms with van der Waals surface area (Å²) >= 11 is 1.72. The zero-order valence-electron chi connectivity index (χ0n) is 13.5. The van der Waals surface area contributed by atoms with Crippen molar-refractivity contribution in [1.29, 1.82) is 0 Å². The Labute approximate surface area is 140 Å². The van der Waals surface area contributed by atoms with E-state index < -0.39 is 0 Å². The maximum absolute atomic E-state index is 12.4. The van der Waals surface area contributed by atoms with Crippen LogP contribution in [-0.4, -0.2) is 47.0 Å². The highest BCUT2D eigenvalue weighted by atomic mass is 32.2. The number of hydrogen-bond donors (Lipinski definition) is 1. The first-order valence-corrected chi connectivity index (χ1v) is 8.89. The molecular formula is C17H22N2O3S. The van der Waals surface area contributed by atoms with E-state index in [9.17, 15) is 9.59 Å². The summed E-state index contributed by atoms with van der Waals surface area (Å²) in [5.74, 6) is 1.57. The number of rotatable bonds is 5. The lowest BCUT2D eigenvalue weighted by Gasteiger charge is -2.29. The van der Waals surface area contributed by atoms with Crippen molar-refractivity contribution in [3.05, 3.63) is 29.8 Å². The van der Waals surface area contributed by atoms with E-state index >= 15 is 0 Å². The van der Waals surface area contributed by atoms with Crippen molar-refractivity contribution in [3.63, 3.8) is 0 Å². The second-order valence-electron chi connectivity index (χ2n) is 6.16. The molecule has 3 rings (SSSR count). The molecule has 2 saturated heterocycles. The summed E-state index contributed by atoms with van der Waals surface area (Å²) in [5, 5.41) is 2.97. The van der Waals surface area contributed by atoms with Crippen LogP contribution in [0.2, 0.25) is 0 Å². The van der Waals surface area contributed by atoms with Gasteiger partial charge < -0.3 is 15.0 Å². The molecule has 0 aromatic heterocycles. The predicted molar refractivity (Wildman–Crippen MR) is 90.4 cm³/mol. The van der Waals surface area contributed by atoms with Gasteiger partial charge in [-0.2, -0.15) is 0 Å². The van der Waals surface area contributed by atoms with E-state index in [0.29, 0.717) is 18.7 Å². The van der Waals surface area contributed by atoms with E-state index in [4.69, 9.17) is 4.74 Å². The molecule has 0 bridgehead atoms. The summed E-state index contributed by atoms with van der Waals surface area (Å²) in [5.41, 5.74) is 1.12. The largest absolute Gasteiger partial charge is 0.497 e. The molecule has 2 heterocycles. The van der Waals surface area contributed by atoms with Gasteiger partial charge >= 0.3 is 0 Å². The zero-order chi connectivity index (χ0) is 16.4. The van der Waals surface area contributed by atoms with Gasteiger partial charge in [-0.05, 0) is 37.5 Å². The number of nitrogens with zero attached hydrogens (tertiary/aromatic N) is 1. The van der Waals surface area contributed by atoms with Gasteiger partial charge in [-0.25, -0.2) is 0 Å². The number of carbonyl (C=O) groups is 2. The molecule has 2 aliphatic heterocycles. The van der Waals surface area contributed by atoms with E-state index in [1.54, 1.807) is 23.8 Å². The third-order valence-electron chi connectivity index (χ3n) is 4.59. The Morgan fingerprint density at radius 3 is 3.13 bits per heavy atom. The molecule has 1 aromatic rings. The molecule has 2 fully saturated rings. The fourth-order valence-corrected chi connectivity index (χ4v) is 4.72. The molecule has 0 spiro atoms. The summed E-state index contributed by atoms with van der Waals surface area (Å²) in [6.07, 6.45) is 2.13. The Bertz CT molecular complexity index is 622. The molecule has 2 aliphatic rings. The van der Waals surface area contributed by atoms with Gasteiger partial charge in [0.25, 0.3) is 0 Å². The van der Waals surface area contributed by atoms with Gasteiger partial charge in [-0.1, -0.05) is 12.1 Å². The van der Waals surface area contributed by atoms with Crippen LogP contribution in [0.5, 0.6) is 5.75 Å². The van der Waals surface area contributed by atoms with Gasteiger partial charge in [0.2, 0.25) is 11.8 Å². The van der Waals surface area contributed by atoms with Crippen molar-refractivity contribution >= 4 is 23.6 Å². The molecule has 5 nitrogen and oxygen atoms in total. The van der Waals surface area contributed by atoms with Crippen molar-refractivity contribution < 1.29 is 14.3 Å². The zero-order valence-corrected chi connectivity index (χ0v) is 14.3. The second kappa shape index (κ2) is 6.43. The Morgan fingerprint density at radius 2 is 2.35 bits per heavy atom. The first-order chi connectivity index (χ1) is 11.0. The lowest BCUT2D eigenvalue weighted by molar-refractivity contribution is -0.137. The van der Waals surface area contributed by atoms with Crippen molar-refractivity contribution in [2.75, 3.05) is 19.4 Å². The van der Waals surface area contributed by atoms with Gasteiger partial charge in [0.1, 0.15) is 11.8 Å². The maximum atomic E-state index is 12.4. The number of hydrogen-bond acceptors (Lipinski definition) is 4. The third kappa shape index (κ3) is 3.17. The predicted octanol–water partition coefficient (Wildman–Crippen LogP) is 1.81. The summed E-state index contributed by atoms with van der Waals surface area (Å²) in [6.45, 7) is 2.62. The fraction of sp³-hybridized carbons (Fsp3) is 0.529. The van der Waals surface area contributed by atoms with Gasteiger partial charge in [-0.3, -0.25) is 9.59 Å². The van der Waals surface area contributed by atoms with Crippen molar-refractivity contribution in [2.24, 2.45) is 0 Å². The van der Waals surface area contributed by atoms with Crippen LogP contribution in [0.1, 0.15) is 25.3 Å². The molecule has 1 aromatic carbocycles. The van der Waals surface area contributed by atoms with E-state index in [2.05, 4.69) is 12.2 Å². The number of ether oxygens (including phenoxy) is 1. The van der Waals surface area contributed by atoms with E-state index in [-0.39, 0.29) is 22.7 Å². The van der Waals surface area contributed by atoms with Gasteiger partial charge in [0.05, 0.1) is 12.0 Å². The van der Waals surface area contributed by atoms with Crippen LogP contribution in [-0.2, 0) is 16.0 Å². The van der Waals surface area contributed by atoms with E-state index in [0.717, 1.165) is 24.2 Å². The lowest BCUT2D eigenvalue weighted by atomic mass is 10.1. The summed E-state index contributed by atoms with van der Waals surface area (Å²) < 4.78 is 5.20. The Balaban J connectivity index is 1.54. The molecule has 2 unspecified atom stereocenters. The van der Waals surface area contributed by atoms with Crippen LogP contribution >= 0.6 is 11.8 Å². The van der Waals surface area contributed by atoms with E-state index in [1.165, 1.54) is 0 Å². The Kier molecular flexibility index (Phi) is 4.53. The molecule has 23 heavy (non-hydrogen) atoms. The summed E-state index contributed by atoms with van der Waals surface area (Å²) in [4.78, 5) is 26.1. The highest BCUT2D eigenvalue weighted by Crippen LogP contribution is 2.47. The molecule has 1 N–H and O–H groups in total. The first kappa shape index (κ1) is 16.2. The molecule has 0 radical (unpaired) electrons. The average Bonchev–Trinajstić information content (AvgIpc) is 3.04. The molecule has 2 amide bonds. The first-order valence-electron chi connectivity index (χ1n) is 7.90. The molecule has 0 saturated carbocycles. The smallest absolute Gasteiger partial charge is 0.243 e. The topological polar surface area (TPSA) is 58.6 Å². The van der Waals surface area contributed by atoms with Crippen LogP contribution in [0, 0.1) is 0 Å². The molecule has 6 heteroatoms. The number of carbonyl (C=O) groups excluding carboxylic acids is 2. The summed E-state index contributed by atoms with van der Waals surface area (Å²) in [6, 6.07) is 7.50. The van der Waals surface area contributed by atoms with Gasteiger partial charge in [-0.15, -0.1) is 11.8 Å². The molecular weight excluding hydrogens is 312 g/mol. The summed E-state index contributed by atoms with van der Waals surface area (Å²) in [7, 11) is 1.64. The molecule has 124 valence electrons. The van der Waals surface area contributed by atoms with Crippen LogP contribution in [0.15, 0.2) is 24.3 Å². The number of nitrogens with one attached hydrogen (secondary N) is 1. The Morgan fingerprint density at radius 1 is 1.52 bits per heavy atom. The van der Waals surface area contributed by atoms with Crippen LogP contribution in [0.3, 0.4) is 0 Å². The molecule has 0 aliphatic carbocycles. The monoisotopic (exact) mass is 334 g/mol.